The van der Waals surface area contributed by atoms with Gasteiger partial charge in [-0.2, -0.15) is 0 Å². The summed E-state index contributed by atoms with van der Waals surface area (Å²) in [7, 11) is 0. The molecule has 0 unspecified atom stereocenters. The van der Waals surface area contributed by atoms with E-state index < -0.39 is 0 Å². The highest BCUT2D eigenvalue weighted by Crippen LogP contribution is 2.20. The van der Waals surface area contributed by atoms with Gasteiger partial charge in [0.2, 0.25) is 0 Å². The third-order valence-electron chi connectivity index (χ3n) is 3.14. The van der Waals surface area contributed by atoms with E-state index in [1.165, 1.54) is 5.69 Å². The zero-order valence-corrected chi connectivity index (χ0v) is 12.4. The molecule has 1 heterocycles. The second kappa shape index (κ2) is 6.78. The molecule has 2 rings (SSSR count). The first-order valence-electron chi connectivity index (χ1n) is 6.35. The summed E-state index contributed by atoms with van der Waals surface area (Å²) in [4.78, 5) is 4.53. The Labute approximate surface area is 124 Å². The fraction of sp³-hybridized carbons (Fsp3) is 0.357. The van der Waals surface area contributed by atoms with E-state index in [1.807, 2.05) is 24.3 Å². The fourth-order valence-electron chi connectivity index (χ4n) is 2.11. The molecule has 1 aliphatic heterocycles. The van der Waals surface area contributed by atoms with Crippen molar-refractivity contribution in [2.24, 2.45) is 0 Å². The molecule has 1 N–H and O–H groups in total. The molecule has 19 heavy (non-hydrogen) atoms. The average molecular weight is 296 g/mol. The predicted octanol–water partition coefficient (Wildman–Crippen LogP) is 2.52. The molecule has 1 aliphatic rings. The molecule has 0 aromatic heterocycles. The first-order chi connectivity index (χ1) is 9.20. The highest BCUT2D eigenvalue weighted by Gasteiger charge is 2.18. The number of benzene rings is 1. The number of piperazine rings is 1. The molecule has 0 spiro atoms. The maximum atomic E-state index is 6.02. The zero-order valence-electron chi connectivity index (χ0n) is 10.8. The van der Waals surface area contributed by atoms with Crippen LogP contribution in [0.2, 0.25) is 5.02 Å². The number of hydrogen-bond donors (Lipinski definition) is 1. The molecule has 1 aromatic carbocycles. The summed E-state index contributed by atoms with van der Waals surface area (Å²) in [5.41, 5.74) is 1.18. The van der Waals surface area contributed by atoms with E-state index in [0.717, 1.165) is 36.3 Å². The van der Waals surface area contributed by atoms with Gasteiger partial charge in [-0.3, -0.25) is 0 Å². The van der Waals surface area contributed by atoms with Crippen LogP contribution in [0.3, 0.4) is 0 Å². The number of rotatable bonds is 3. The molecule has 5 heteroatoms. The quantitative estimate of drug-likeness (QED) is 0.682. The van der Waals surface area contributed by atoms with Gasteiger partial charge in [0.1, 0.15) is 0 Å². The van der Waals surface area contributed by atoms with Gasteiger partial charge in [0, 0.05) is 43.4 Å². The number of hydrogen-bond acceptors (Lipinski definition) is 2. The number of halogens is 1. The highest BCUT2D eigenvalue weighted by molar-refractivity contribution is 7.80. The van der Waals surface area contributed by atoms with Gasteiger partial charge in [0.25, 0.3) is 0 Å². The lowest BCUT2D eigenvalue weighted by Crippen LogP contribution is -2.51. The first kappa shape index (κ1) is 14.2. The maximum Gasteiger partial charge on any atom is 0.169 e. The van der Waals surface area contributed by atoms with Crippen molar-refractivity contribution in [3.05, 3.63) is 41.9 Å². The van der Waals surface area contributed by atoms with E-state index in [0.29, 0.717) is 6.54 Å². The standard InChI is InChI=1S/C14H18ClN3S/c1-2-6-16-14(19)18-9-7-17(8-10-18)13-5-3-4-12(15)11-13/h2-5,11H,1,6-10H2,(H,16,19). The van der Waals surface area contributed by atoms with Crippen molar-refractivity contribution in [1.82, 2.24) is 10.2 Å². The minimum absolute atomic E-state index is 0.716. The molecule has 1 saturated heterocycles. The van der Waals surface area contributed by atoms with Crippen molar-refractivity contribution < 1.29 is 0 Å². The Morgan fingerprint density at radius 2 is 2.11 bits per heavy atom. The molecule has 0 radical (unpaired) electrons. The van der Waals surface area contributed by atoms with E-state index in [1.54, 1.807) is 0 Å². The van der Waals surface area contributed by atoms with Crippen LogP contribution in [0.5, 0.6) is 0 Å². The highest BCUT2D eigenvalue weighted by atomic mass is 35.5. The van der Waals surface area contributed by atoms with Crippen LogP contribution >= 0.6 is 23.8 Å². The minimum Gasteiger partial charge on any atom is -0.368 e. The van der Waals surface area contributed by atoms with Crippen LogP contribution in [0.1, 0.15) is 0 Å². The summed E-state index contributed by atoms with van der Waals surface area (Å²) in [5.74, 6) is 0. The van der Waals surface area contributed by atoms with Crippen LogP contribution in [-0.4, -0.2) is 42.7 Å². The maximum absolute atomic E-state index is 6.02. The minimum atomic E-state index is 0.716. The van der Waals surface area contributed by atoms with Gasteiger partial charge in [-0.1, -0.05) is 23.7 Å². The van der Waals surface area contributed by atoms with E-state index in [2.05, 4.69) is 27.8 Å². The van der Waals surface area contributed by atoms with Crippen molar-refractivity contribution in [3.63, 3.8) is 0 Å². The largest absolute Gasteiger partial charge is 0.368 e. The molecule has 102 valence electrons. The molecule has 0 aliphatic carbocycles. The van der Waals surface area contributed by atoms with Crippen molar-refractivity contribution in [2.75, 3.05) is 37.6 Å². The number of anilines is 1. The molecular weight excluding hydrogens is 278 g/mol. The summed E-state index contributed by atoms with van der Waals surface area (Å²) < 4.78 is 0. The Balaban J connectivity index is 1.88. The first-order valence-corrected chi connectivity index (χ1v) is 7.13. The van der Waals surface area contributed by atoms with Crippen LogP contribution < -0.4 is 10.2 Å². The number of nitrogens with zero attached hydrogens (tertiary/aromatic N) is 2. The van der Waals surface area contributed by atoms with Gasteiger partial charge in [0.15, 0.2) is 5.11 Å². The predicted molar refractivity (Wildman–Crippen MR) is 86.0 cm³/mol. The van der Waals surface area contributed by atoms with Crippen molar-refractivity contribution in [3.8, 4) is 0 Å². The van der Waals surface area contributed by atoms with Gasteiger partial charge < -0.3 is 15.1 Å². The average Bonchev–Trinajstić information content (AvgIpc) is 2.45. The smallest absolute Gasteiger partial charge is 0.169 e. The topological polar surface area (TPSA) is 18.5 Å². The second-order valence-corrected chi connectivity index (χ2v) is 5.25. The number of thiocarbonyl (C=S) groups is 1. The van der Waals surface area contributed by atoms with Crippen LogP contribution in [0.15, 0.2) is 36.9 Å². The second-order valence-electron chi connectivity index (χ2n) is 4.43. The Morgan fingerprint density at radius 3 is 2.74 bits per heavy atom. The third kappa shape index (κ3) is 3.85. The van der Waals surface area contributed by atoms with E-state index in [9.17, 15) is 0 Å². The van der Waals surface area contributed by atoms with Crippen molar-refractivity contribution in [2.45, 2.75) is 0 Å². The van der Waals surface area contributed by atoms with Crippen LogP contribution in [0, 0.1) is 0 Å². The van der Waals surface area contributed by atoms with Crippen LogP contribution in [-0.2, 0) is 0 Å². The molecule has 1 aromatic rings. The van der Waals surface area contributed by atoms with Gasteiger partial charge >= 0.3 is 0 Å². The molecule has 0 amide bonds. The third-order valence-corrected chi connectivity index (χ3v) is 3.78. The van der Waals surface area contributed by atoms with Crippen LogP contribution in [0.4, 0.5) is 5.69 Å². The lowest BCUT2D eigenvalue weighted by Gasteiger charge is -2.37. The molecule has 0 atom stereocenters. The van der Waals surface area contributed by atoms with Gasteiger partial charge in [-0.15, -0.1) is 6.58 Å². The lowest BCUT2D eigenvalue weighted by molar-refractivity contribution is 0.381. The summed E-state index contributed by atoms with van der Waals surface area (Å²) in [6.45, 7) is 8.15. The molecule has 3 nitrogen and oxygen atoms in total. The summed E-state index contributed by atoms with van der Waals surface area (Å²) in [6.07, 6.45) is 1.81. The summed E-state index contributed by atoms with van der Waals surface area (Å²) in [5, 5.41) is 4.76. The zero-order chi connectivity index (χ0) is 13.7. The number of nitrogens with one attached hydrogen (secondary N) is 1. The van der Waals surface area contributed by atoms with Crippen LogP contribution in [0.25, 0.3) is 0 Å². The SMILES string of the molecule is C=CCNC(=S)N1CCN(c2cccc(Cl)c2)CC1. The Kier molecular flexibility index (Phi) is 5.05. The monoisotopic (exact) mass is 295 g/mol. The normalized spacial score (nSPS) is 15.2. The van der Waals surface area contributed by atoms with E-state index in [-0.39, 0.29) is 0 Å². The van der Waals surface area contributed by atoms with Gasteiger partial charge in [0.05, 0.1) is 0 Å². The Bertz CT molecular complexity index is 456. The summed E-state index contributed by atoms with van der Waals surface area (Å²) >= 11 is 11.4. The fourth-order valence-corrected chi connectivity index (χ4v) is 2.56. The Hall–Kier alpha value is -1.26. The van der Waals surface area contributed by atoms with Crippen molar-refractivity contribution in [1.29, 1.82) is 0 Å². The van der Waals surface area contributed by atoms with E-state index >= 15 is 0 Å². The molecule has 1 fully saturated rings. The van der Waals surface area contributed by atoms with Crippen molar-refractivity contribution >= 4 is 34.6 Å². The summed E-state index contributed by atoms with van der Waals surface area (Å²) in [6, 6.07) is 7.98. The van der Waals surface area contributed by atoms with Gasteiger partial charge in [-0.25, -0.2) is 0 Å². The van der Waals surface area contributed by atoms with E-state index in [4.69, 9.17) is 23.8 Å². The molecule has 0 saturated carbocycles. The van der Waals surface area contributed by atoms with Gasteiger partial charge in [-0.05, 0) is 30.4 Å². The molecule has 0 bridgehead atoms. The molecular formula is C14H18ClN3S. The lowest BCUT2D eigenvalue weighted by atomic mass is 10.2. The Morgan fingerprint density at radius 1 is 1.37 bits per heavy atom.